The Morgan fingerprint density at radius 1 is 1.21 bits per heavy atom. The second-order valence-electron chi connectivity index (χ2n) is 5.99. The van der Waals surface area contributed by atoms with Gasteiger partial charge in [0.1, 0.15) is 5.01 Å². The van der Waals surface area contributed by atoms with Gasteiger partial charge in [0.15, 0.2) is 0 Å². The summed E-state index contributed by atoms with van der Waals surface area (Å²) in [6.45, 7) is 0. The maximum atomic E-state index is 12.5. The van der Waals surface area contributed by atoms with Crippen molar-refractivity contribution in [3.05, 3.63) is 70.3 Å². The molecular weight excluding hydrogens is 398 g/mol. The predicted molar refractivity (Wildman–Crippen MR) is 108 cm³/mol. The van der Waals surface area contributed by atoms with E-state index >= 15 is 0 Å². The summed E-state index contributed by atoms with van der Waals surface area (Å²) in [6, 6.07) is 12.1. The van der Waals surface area contributed by atoms with E-state index < -0.39 is 12.0 Å². The van der Waals surface area contributed by atoms with Crippen molar-refractivity contribution in [1.82, 2.24) is 15.3 Å². The molecule has 0 bridgehead atoms. The minimum absolute atomic E-state index is 0.0279. The molecule has 0 unspecified atom stereocenters. The largest absolute Gasteiger partial charge is 0.469 e. The molecule has 3 rings (SSSR count). The summed E-state index contributed by atoms with van der Waals surface area (Å²) in [6.07, 6.45) is 1.83. The Labute approximate surface area is 171 Å². The fourth-order valence-electron chi connectivity index (χ4n) is 2.60. The topological polar surface area (TPSA) is 81.2 Å². The summed E-state index contributed by atoms with van der Waals surface area (Å²) in [5, 5.41) is 6.05. The van der Waals surface area contributed by atoms with Gasteiger partial charge in [0.2, 0.25) is 5.91 Å². The molecule has 144 valence electrons. The molecule has 0 fully saturated rings. The Kier molecular flexibility index (Phi) is 6.73. The summed E-state index contributed by atoms with van der Waals surface area (Å²) in [4.78, 5) is 33.0. The lowest BCUT2D eigenvalue weighted by molar-refractivity contribution is -0.141. The molecule has 1 atom stereocenters. The average Bonchev–Trinajstić information content (AvgIpc) is 3.17. The Morgan fingerprint density at radius 2 is 2.00 bits per heavy atom. The molecule has 8 heteroatoms. The van der Waals surface area contributed by atoms with Gasteiger partial charge in [-0.05, 0) is 29.8 Å². The number of esters is 1. The summed E-state index contributed by atoms with van der Waals surface area (Å²) in [5.41, 5.74) is 2.19. The highest BCUT2D eigenvalue weighted by Gasteiger charge is 2.20. The minimum Gasteiger partial charge on any atom is -0.469 e. The maximum Gasteiger partial charge on any atom is 0.307 e. The third kappa shape index (κ3) is 5.37. The first kappa shape index (κ1) is 20.0. The van der Waals surface area contributed by atoms with Gasteiger partial charge in [-0.25, -0.2) is 4.98 Å². The van der Waals surface area contributed by atoms with Gasteiger partial charge in [0, 0.05) is 16.6 Å². The molecule has 0 aliphatic carbocycles. The van der Waals surface area contributed by atoms with Gasteiger partial charge in [-0.3, -0.25) is 14.6 Å². The Hall–Kier alpha value is -2.77. The van der Waals surface area contributed by atoms with E-state index in [1.807, 2.05) is 23.6 Å². The highest BCUT2D eigenvalue weighted by Crippen LogP contribution is 2.23. The van der Waals surface area contributed by atoms with Crippen LogP contribution in [0.15, 0.2) is 54.0 Å². The Balaban J connectivity index is 1.69. The van der Waals surface area contributed by atoms with Crippen molar-refractivity contribution < 1.29 is 14.3 Å². The van der Waals surface area contributed by atoms with Crippen LogP contribution in [0.1, 0.15) is 23.7 Å². The molecule has 1 N–H and O–H groups in total. The smallest absolute Gasteiger partial charge is 0.307 e. The van der Waals surface area contributed by atoms with E-state index in [9.17, 15) is 9.59 Å². The number of benzene rings is 1. The lowest BCUT2D eigenvalue weighted by atomic mass is 10.0. The van der Waals surface area contributed by atoms with Gasteiger partial charge in [-0.2, -0.15) is 0 Å². The molecule has 0 radical (unpaired) electrons. The first-order valence-electron chi connectivity index (χ1n) is 8.52. The number of nitrogens with one attached hydrogen (secondary N) is 1. The molecule has 0 spiro atoms. The first-order chi connectivity index (χ1) is 13.5. The van der Waals surface area contributed by atoms with Crippen LogP contribution in [0.5, 0.6) is 0 Å². The summed E-state index contributed by atoms with van der Waals surface area (Å²) < 4.78 is 4.74. The third-order valence-electron chi connectivity index (χ3n) is 3.98. The molecule has 28 heavy (non-hydrogen) atoms. The number of hydrogen-bond donors (Lipinski definition) is 1. The molecule has 0 saturated heterocycles. The predicted octanol–water partition coefficient (Wildman–Crippen LogP) is 3.82. The van der Waals surface area contributed by atoms with E-state index in [0.717, 1.165) is 16.3 Å². The minimum atomic E-state index is -0.508. The molecule has 0 saturated carbocycles. The van der Waals surface area contributed by atoms with Crippen LogP contribution in [0, 0.1) is 0 Å². The fraction of sp³-hybridized carbons (Fsp3) is 0.200. The molecule has 2 heterocycles. The first-order valence-corrected chi connectivity index (χ1v) is 9.78. The average molecular weight is 416 g/mol. The molecule has 1 amide bonds. The normalized spacial score (nSPS) is 11.6. The van der Waals surface area contributed by atoms with Crippen molar-refractivity contribution in [2.75, 3.05) is 7.11 Å². The van der Waals surface area contributed by atoms with Crippen molar-refractivity contribution in [3.63, 3.8) is 0 Å². The van der Waals surface area contributed by atoms with Gasteiger partial charge in [0.25, 0.3) is 0 Å². The van der Waals surface area contributed by atoms with Crippen LogP contribution < -0.4 is 5.32 Å². The van der Waals surface area contributed by atoms with Gasteiger partial charge in [-0.1, -0.05) is 29.8 Å². The van der Waals surface area contributed by atoms with E-state index in [4.69, 9.17) is 16.3 Å². The number of thiazole rings is 1. The van der Waals surface area contributed by atoms with E-state index in [-0.39, 0.29) is 18.7 Å². The van der Waals surface area contributed by atoms with Crippen LogP contribution in [0.3, 0.4) is 0 Å². The lowest BCUT2D eigenvalue weighted by Gasteiger charge is -2.18. The van der Waals surface area contributed by atoms with Crippen molar-refractivity contribution in [2.45, 2.75) is 18.9 Å². The van der Waals surface area contributed by atoms with Crippen molar-refractivity contribution in [3.8, 4) is 10.7 Å². The van der Waals surface area contributed by atoms with Crippen LogP contribution >= 0.6 is 22.9 Å². The number of nitrogens with zero attached hydrogens (tertiary/aromatic N) is 2. The number of pyridine rings is 1. The summed E-state index contributed by atoms with van der Waals surface area (Å²) in [5.74, 6) is -0.645. The summed E-state index contributed by atoms with van der Waals surface area (Å²) >= 11 is 7.36. The second kappa shape index (κ2) is 9.43. The molecular formula is C20H18ClN3O3S. The lowest BCUT2D eigenvalue weighted by Crippen LogP contribution is -2.31. The van der Waals surface area contributed by atoms with Crippen molar-refractivity contribution in [2.24, 2.45) is 0 Å². The van der Waals surface area contributed by atoms with E-state index in [2.05, 4.69) is 15.3 Å². The number of hydrogen-bond acceptors (Lipinski definition) is 6. The highest BCUT2D eigenvalue weighted by atomic mass is 35.5. The van der Waals surface area contributed by atoms with Crippen LogP contribution in [0.2, 0.25) is 5.02 Å². The van der Waals surface area contributed by atoms with Gasteiger partial charge in [-0.15, -0.1) is 11.3 Å². The second-order valence-corrected chi connectivity index (χ2v) is 7.28. The monoisotopic (exact) mass is 415 g/mol. The van der Waals surface area contributed by atoms with Crippen LogP contribution in [-0.4, -0.2) is 29.0 Å². The zero-order valence-electron chi connectivity index (χ0n) is 15.1. The number of carbonyl (C=O) groups is 2. The van der Waals surface area contributed by atoms with Crippen molar-refractivity contribution in [1.29, 1.82) is 0 Å². The van der Waals surface area contributed by atoms with Crippen LogP contribution in [0.25, 0.3) is 10.7 Å². The molecule has 0 aliphatic rings. The number of carbonyl (C=O) groups excluding carboxylic acids is 2. The van der Waals surface area contributed by atoms with E-state index in [0.29, 0.717) is 10.7 Å². The third-order valence-corrected chi connectivity index (χ3v) is 5.15. The van der Waals surface area contributed by atoms with E-state index in [1.54, 1.807) is 30.5 Å². The molecule has 6 nitrogen and oxygen atoms in total. The maximum absolute atomic E-state index is 12.5. The zero-order chi connectivity index (χ0) is 19.9. The quantitative estimate of drug-likeness (QED) is 0.593. The summed E-state index contributed by atoms with van der Waals surface area (Å²) in [7, 11) is 1.32. The van der Waals surface area contributed by atoms with Gasteiger partial charge in [0.05, 0.1) is 37.4 Å². The molecule has 2 aromatic heterocycles. The molecule has 1 aromatic carbocycles. The van der Waals surface area contributed by atoms with Crippen molar-refractivity contribution >= 4 is 34.8 Å². The van der Waals surface area contributed by atoms with Gasteiger partial charge < -0.3 is 10.1 Å². The van der Waals surface area contributed by atoms with E-state index in [1.165, 1.54) is 18.4 Å². The Morgan fingerprint density at radius 3 is 2.68 bits per heavy atom. The number of aromatic nitrogens is 2. The molecule has 3 aromatic rings. The Bertz CT molecular complexity index is 945. The zero-order valence-corrected chi connectivity index (χ0v) is 16.7. The number of halogens is 1. The molecule has 0 aliphatic heterocycles. The van der Waals surface area contributed by atoms with Crippen LogP contribution in [0.4, 0.5) is 0 Å². The highest BCUT2D eigenvalue weighted by molar-refractivity contribution is 7.13. The number of ether oxygens (including phenoxy) is 1. The SMILES string of the molecule is COC(=O)C[C@H](NC(=O)Cc1csc(-c2ccccn2)n1)c1ccc(Cl)cc1. The number of amides is 1. The fourth-order valence-corrected chi connectivity index (χ4v) is 3.52. The standard InChI is InChI=1S/C20H18ClN3O3S/c1-27-19(26)11-17(13-5-7-14(21)8-6-13)24-18(25)10-15-12-28-20(23-15)16-4-2-3-9-22-16/h2-9,12,17H,10-11H2,1H3,(H,24,25)/t17-/m0/s1. The van der Waals surface area contributed by atoms with Gasteiger partial charge >= 0.3 is 5.97 Å². The van der Waals surface area contributed by atoms with Crippen LogP contribution in [-0.2, 0) is 20.7 Å². The number of methoxy groups -OCH3 is 1. The number of rotatable bonds is 7.